The molecule has 0 spiro atoms. The largest absolute Gasteiger partial charge is 0.497 e. The molecule has 2 heterocycles. The van der Waals surface area contributed by atoms with E-state index in [0.29, 0.717) is 40.1 Å². The third kappa shape index (κ3) is 4.58. The second-order valence-corrected chi connectivity index (χ2v) is 8.76. The van der Waals surface area contributed by atoms with Crippen LogP contribution < -0.4 is 10.3 Å². The summed E-state index contributed by atoms with van der Waals surface area (Å²) in [6.45, 7) is 2.47. The van der Waals surface area contributed by atoms with Gasteiger partial charge in [-0.3, -0.25) is 9.36 Å². The lowest BCUT2D eigenvalue weighted by Crippen LogP contribution is -2.24. The molecule has 8 heteroatoms. The molecule has 0 fully saturated rings. The van der Waals surface area contributed by atoms with E-state index >= 15 is 0 Å². The molecule has 0 aliphatic rings. The van der Waals surface area contributed by atoms with E-state index in [1.165, 1.54) is 17.3 Å². The van der Waals surface area contributed by atoms with Gasteiger partial charge in [0.25, 0.3) is 5.56 Å². The molecule has 0 aliphatic carbocycles. The number of para-hydroxylation sites is 1. The lowest BCUT2D eigenvalue weighted by Gasteiger charge is -2.13. The van der Waals surface area contributed by atoms with Gasteiger partial charge in [0.1, 0.15) is 5.75 Å². The maximum Gasteiger partial charge on any atom is 0.262 e. The van der Waals surface area contributed by atoms with Crippen LogP contribution in [-0.2, 0) is 12.3 Å². The Morgan fingerprint density at radius 3 is 2.50 bits per heavy atom. The fourth-order valence-electron chi connectivity index (χ4n) is 3.57. The predicted octanol–water partition coefficient (Wildman–Crippen LogP) is 5.10. The van der Waals surface area contributed by atoms with Gasteiger partial charge in [-0.25, -0.2) is 4.98 Å². The van der Waals surface area contributed by atoms with Crippen molar-refractivity contribution in [3.05, 3.63) is 100 Å². The Morgan fingerprint density at radius 1 is 0.971 bits per heavy atom. The van der Waals surface area contributed by atoms with Gasteiger partial charge in [0, 0.05) is 5.56 Å². The van der Waals surface area contributed by atoms with Crippen LogP contribution in [0, 0.1) is 6.92 Å². The first-order chi connectivity index (χ1) is 16.6. The van der Waals surface area contributed by atoms with E-state index in [0.717, 1.165) is 16.9 Å². The first-order valence-corrected chi connectivity index (χ1v) is 11.7. The highest BCUT2D eigenvalue weighted by Crippen LogP contribution is 2.25. The van der Waals surface area contributed by atoms with Crippen LogP contribution in [0.25, 0.3) is 22.3 Å². The summed E-state index contributed by atoms with van der Waals surface area (Å²) in [4.78, 5) is 22.6. The zero-order valence-electron chi connectivity index (χ0n) is 18.8. The van der Waals surface area contributed by atoms with Crippen LogP contribution in [0.4, 0.5) is 0 Å². The van der Waals surface area contributed by atoms with Crippen LogP contribution in [0.5, 0.6) is 5.75 Å². The molecule has 2 aromatic heterocycles. The highest BCUT2D eigenvalue weighted by Gasteiger charge is 2.15. The Hall–Kier alpha value is -3.91. The van der Waals surface area contributed by atoms with E-state index in [2.05, 4.69) is 10.1 Å². The van der Waals surface area contributed by atoms with Crippen LogP contribution in [0.15, 0.2) is 87.3 Å². The van der Waals surface area contributed by atoms with Crippen LogP contribution in [0.1, 0.15) is 17.0 Å². The Bertz CT molecular complexity index is 1490. The van der Waals surface area contributed by atoms with E-state index in [1.807, 2.05) is 79.7 Å². The third-order valence-corrected chi connectivity index (χ3v) is 6.39. The summed E-state index contributed by atoms with van der Waals surface area (Å²) in [5, 5.41) is 5.29. The Balaban J connectivity index is 1.43. The number of fused-ring (bicyclic) bond motifs is 1. The molecule has 170 valence electrons. The number of nitrogens with zero attached hydrogens (tertiary/aromatic N) is 4. The van der Waals surface area contributed by atoms with Gasteiger partial charge in [0.05, 0.1) is 30.3 Å². The molecule has 0 N–H and O–H groups in total. The Kier molecular flexibility index (Phi) is 6.14. The molecule has 0 unspecified atom stereocenters. The van der Waals surface area contributed by atoms with Crippen molar-refractivity contribution in [3.8, 4) is 17.1 Å². The normalized spacial score (nSPS) is 11.1. The Labute approximate surface area is 200 Å². The number of benzene rings is 3. The average Bonchev–Trinajstić information content (AvgIpc) is 3.35. The quantitative estimate of drug-likeness (QED) is 0.242. The van der Waals surface area contributed by atoms with Crippen LogP contribution in [0.3, 0.4) is 0 Å². The van der Waals surface area contributed by atoms with Crippen molar-refractivity contribution in [1.82, 2.24) is 19.7 Å². The third-order valence-electron chi connectivity index (χ3n) is 5.43. The fourth-order valence-corrected chi connectivity index (χ4v) is 4.41. The molecule has 34 heavy (non-hydrogen) atoms. The maximum absolute atomic E-state index is 13.3. The van der Waals surface area contributed by atoms with Crippen molar-refractivity contribution in [1.29, 1.82) is 0 Å². The summed E-state index contributed by atoms with van der Waals surface area (Å²) in [5.74, 6) is 2.11. The van der Waals surface area contributed by atoms with Gasteiger partial charge < -0.3 is 9.26 Å². The van der Waals surface area contributed by atoms with Gasteiger partial charge in [-0.1, -0.05) is 58.9 Å². The van der Waals surface area contributed by atoms with Gasteiger partial charge in [0.2, 0.25) is 11.7 Å². The van der Waals surface area contributed by atoms with Gasteiger partial charge in [-0.05, 0) is 48.9 Å². The van der Waals surface area contributed by atoms with Gasteiger partial charge in [-0.2, -0.15) is 4.98 Å². The molecule has 0 saturated heterocycles. The van der Waals surface area contributed by atoms with Gasteiger partial charge in [-0.15, -0.1) is 0 Å². The molecule has 0 radical (unpaired) electrons. The summed E-state index contributed by atoms with van der Waals surface area (Å²) < 4.78 is 12.4. The van der Waals surface area contributed by atoms with E-state index in [9.17, 15) is 4.79 Å². The second-order valence-electron chi connectivity index (χ2n) is 7.82. The molecule has 0 bridgehead atoms. The first-order valence-electron chi connectivity index (χ1n) is 10.8. The van der Waals surface area contributed by atoms with Crippen molar-refractivity contribution in [2.75, 3.05) is 7.11 Å². The van der Waals surface area contributed by atoms with Crippen molar-refractivity contribution >= 4 is 22.7 Å². The number of rotatable bonds is 7. The van der Waals surface area contributed by atoms with E-state index < -0.39 is 0 Å². The molecular weight excluding hydrogens is 448 g/mol. The van der Waals surface area contributed by atoms with E-state index in [4.69, 9.17) is 14.2 Å². The summed E-state index contributed by atoms with van der Waals surface area (Å²) in [5.41, 5.74) is 3.64. The van der Waals surface area contributed by atoms with Crippen LogP contribution in [-0.4, -0.2) is 26.8 Å². The SMILES string of the molecule is COc1ccc(-c2noc(CSc3nc4ccccc4c(=O)n3Cc3ccc(C)cc3)n2)cc1. The van der Waals surface area contributed by atoms with Crippen molar-refractivity contribution < 1.29 is 9.26 Å². The standard InChI is InChI=1S/C26H22N4O3S/c1-17-7-9-18(10-8-17)15-30-25(31)21-5-3-4-6-22(21)27-26(30)34-16-23-28-24(29-33-23)19-11-13-20(32-2)14-12-19/h3-14H,15-16H2,1-2H3. The zero-order valence-corrected chi connectivity index (χ0v) is 19.6. The van der Waals surface area contributed by atoms with Gasteiger partial charge in [0.15, 0.2) is 5.16 Å². The summed E-state index contributed by atoms with van der Waals surface area (Å²) in [6, 6.07) is 23.0. The minimum atomic E-state index is -0.0712. The summed E-state index contributed by atoms with van der Waals surface area (Å²) in [6.07, 6.45) is 0. The van der Waals surface area contributed by atoms with Crippen LogP contribution in [0.2, 0.25) is 0 Å². The Morgan fingerprint density at radius 2 is 1.74 bits per heavy atom. The number of hydrogen-bond acceptors (Lipinski definition) is 7. The molecule has 3 aromatic carbocycles. The number of aromatic nitrogens is 4. The molecule has 5 rings (SSSR count). The summed E-state index contributed by atoms with van der Waals surface area (Å²) >= 11 is 1.40. The zero-order chi connectivity index (χ0) is 23.5. The molecule has 0 aliphatic heterocycles. The average molecular weight is 471 g/mol. The number of ether oxygens (including phenoxy) is 1. The molecule has 7 nitrogen and oxygen atoms in total. The fraction of sp³-hybridized carbons (Fsp3) is 0.154. The number of aryl methyl sites for hydroxylation is 1. The van der Waals surface area contributed by atoms with Crippen LogP contribution >= 0.6 is 11.8 Å². The number of hydrogen-bond donors (Lipinski definition) is 0. The van der Waals surface area contributed by atoms with E-state index in [-0.39, 0.29) is 5.56 Å². The topological polar surface area (TPSA) is 83.0 Å². The minimum absolute atomic E-state index is 0.0712. The summed E-state index contributed by atoms with van der Waals surface area (Å²) in [7, 11) is 1.62. The second kappa shape index (κ2) is 9.52. The molecular formula is C26H22N4O3S. The number of methoxy groups -OCH3 is 1. The molecule has 5 aromatic rings. The molecule has 0 saturated carbocycles. The molecule has 0 amide bonds. The molecule has 0 atom stereocenters. The predicted molar refractivity (Wildman–Crippen MR) is 132 cm³/mol. The highest BCUT2D eigenvalue weighted by molar-refractivity contribution is 7.98. The minimum Gasteiger partial charge on any atom is -0.497 e. The van der Waals surface area contributed by atoms with Crippen molar-refractivity contribution in [2.24, 2.45) is 0 Å². The van der Waals surface area contributed by atoms with Crippen molar-refractivity contribution in [3.63, 3.8) is 0 Å². The first kappa shape index (κ1) is 21.9. The van der Waals surface area contributed by atoms with Gasteiger partial charge >= 0.3 is 0 Å². The monoisotopic (exact) mass is 470 g/mol. The lowest BCUT2D eigenvalue weighted by molar-refractivity contribution is 0.391. The smallest absolute Gasteiger partial charge is 0.262 e. The maximum atomic E-state index is 13.3. The van der Waals surface area contributed by atoms with E-state index in [1.54, 1.807) is 11.7 Å². The van der Waals surface area contributed by atoms with Crippen molar-refractivity contribution in [2.45, 2.75) is 24.4 Å². The lowest BCUT2D eigenvalue weighted by atomic mass is 10.1. The highest BCUT2D eigenvalue weighted by atomic mass is 32.2. The number of thioether (sulfide) groups is 1.